The highest BCUT2D eigenvalue weighted by molar-refractivity contribution is 7.92. The first kappa shape index (κ1) is 13.6. The number of aliphatic hydroxyl groups is 1. The number of anilines is 1. The number of hydrogen-bond acceptors (Lipinski definition) is 3. The van der Waals surface area contributed by atoms with Crippen molar-refractivity contribution in [3.63, 3.8) is 0 Å². The van der Waals surface area contributed by atoms with Crippen LogP contribution in [0.15, 0.2) is 41.4 Å². The maximum atomic E-state index is 13.6. The number of aromatic nitrogens is 1. The summed E-state index contributed by atoms with van der Waals surface area (Å²) in [5, 5.41) is 8.92. The van der Waals surface area contributed by atoms with Gasteiger partial charge in [0.2, 0.25) is 0 Å². The van der Waals surface area contributed by atoms with Gasteiger partial charge in [0.25, 0.3) is 10.0 Å². The van der Waals surface area contributed by atoms with Crippen LogP contribution in [0.4, 0.5) is 10.1 Å². The first-order valence-electron chi connectivity index (χ1n) is 5.48. The molecule has 0 aliphatic rings. The number of H-pyrrole nitrogens is 1. The molecule has 1 heterocycles. The third-order valence-electron chi connectivity index (χ3n) is 2.74. The number of rotatable bonds is 4. The molecule has 2 N–H and O–H groups in total. The fraction of sp³-hybridized carbons (Fsp3) is 0.167. The van der Waals surface area contributed by atoms with E-state index in [1.807, 2.05) is 0 Å². The Hall–Kier alpha value is -1.86. The maximum Gasteiger partial charge on any atom is 0.265 e. The Kier molecular flexibility index (Phi) is 3.59. The van der Waals surface area contributed by atoms with Gasteiger partial charge in [0.1, 0.15) is 10.7 Å². The van der Waals surface area contributed by atoms with Crippen molar-refractivity contribution in [2.24, 2.45) is 0 Å². The topological polar surface area (TPSA) is 73.4 Å². The number of sulfonamides is 1. The molecule has 5 nitrogen and oxygen atoms in total. The highest BCUT2D eigenvalue weighted by atomic mass is 32.2. The van der Waals surface area contributed by atoms with Gasteiger partial charge in [-0.2, -0.15) is 0 Å². The molecule has 0 spiro atoms. The molecular weight excluding hydrogens is 271 g/mol. The van der Waals surface area contributed by atoms with Crippen LogP contribution in [0.25, 0.3) is 0 Å². The molecule has 19 heavy (non-hydrogen) atoms. The summed E-state index contributed by atoms with van der Waals surface area (Å²) in [6.07, 6.45) is 1.26. The van der Waals surface area contributed by atoms with Crippen LogP contribution in [0.5, 0.6) is 0 Å². The van der Waals surface area contributed by atoms with Crippen LogP contribution in [-0.4, -0.2) is 25.6 Å². The van der Waals surface area contributed by atoms with Gasteiger partial charge in [0, 0.05) is 18.9 Å². The predicted octanol–water partition coefficient (Wildman–Crippen LogP) is 1.47. The normalized spacial score (nSPS) is 11.5. The second-order valence-electron chi connectivity index (χ2n) is 3.94. The maximum absolute atomic E-state index is 13.6. The van der Waals surface area contributed by atoms with Gasteiger partial charge in [-0.3, -0.25) is 4.31 Å². The fourth-order valence-corrected chi connectivity index (χ4v) is 2.88. The van der Waals surface area contributed by atoms with E-state index < -0.39 is 15.8 Å². The van der Waals surface area contributed by atoms with Gasteiger partial charge in [0.05, 0.1) is 12.3 Å². The van der Waals surface area contributed by atoms with Crippen molar-refractivity contribution in [1.29, 1.82) is 0 Å². The van der Waals surface area contributed by atoms with E-state index >= 15 is 0 Å². The Morgan fingerprint density at radius 1 is 1.37 bits per heavy atom. The zero-order chi connectivity index (χ0) is 14.0. The van der Waals surface area contributed by atoms with E-state index in [0.29, 0.717) is 5.69 Å². The fourth-order valence-electron chi connectivity index (χ4n) is 1.65. The van der Waals surface area contributed by atoms with E-state index in [1.54, 1.807) is 6.07 Å². The first-order valence-corrected chi connectivity index (χ1v) is 6.92. The quantitative estimate of drug-likeness (QED) is 0.893. The van der Waals surface area contributed by atoms with Crippen LogP contribution >= 0.6 is 0 Å². The molecule has 0 bridgehead atoms. The smallest absolute Gasteiger partial charge is 0.265 e. The average molecular weight is 284 g/mol. The largest absolute Gasteiger partial charge is 0.390 e. The summed E-state index contributed by atoms with van der Waals surface area (Å²) < 4.78 is 39.0. The SMILES string of the molecule is CN(c1ccccc1F)S(=O)(=O)c1c[nH]c(CO)c1. The monoisotopic (exact) mass is 284 g/mol. The minimum Gasteiger partial charge on any atom is -0.390 e. The molecule has 0 amide bonds. The zero-order valence-electron chi connectivity index (χ0n) is 10.2. The van der Waals surface area contributed by atoms with Gasteiger partial charge in [-0.25, -0.2) is 12.8 Å². The van der Waals surface area contributed by atoms with Crippen LogP contribution in [0.2, 0.25) is 0 Å². The van der Waals surface area contributed by atoms with E-state index in [9.17, 15) is 12.8 Å². The molecule has 1 aromatic heterocycles. The molecule has 102 valence electrons. The number of nitrogens with one attached hydrogen (secondary N) is 1. The van der Waals surface area contributed by atoms with Crippen LogP contribution < -0.4 is 4.31 Å². The predicted molar refractivity (Wildman–Crippen MR) is 68.7 cm³/mol. The zero-order valence-corrected chi connectivity index (χ0v) is 11.0. The van der Waals surface area contributed by atoms with Crippen LogP contribution in [0.3, 0.4) is 0 Å². The number of aromatic amines is 1. The molecule has 0 atom stereocenters. The molecule has 2 rings (SSSR count). The van der Waals surface area contributed by atoms with E-state index in [2.05, 4.69) is 4.98 Å². The van der Waals surface area contributed by atoms with E-state index in [4.69, 9.17) is 5.11 Å². The third-order valence-corrected chi connectivity index (χ3v) is 4.49. The van der Waals surface area contributed by atoms with Gasteiger partial charge in [-0.1, -0.05) is 12.1 Å². The lowest BCUT2D eigenvalue weighted by Crippen LogP contribution is -2.27. The molecule has 0 unspecified atom stereocenters. The lowest BCUT2D eigenvalue weighted by atomic mass is 10.3. The minimum atomic E-state index is -3.85. The minimum absolute atomic E-state index is 0.0256. The van der Waals surface area contributed by atoms with Crippen molar-refractivity contribution in [3.8, 4) is 0 Å². The second kappa shape index (κ2) is 5.02. The molecule has 0 radical (unpaired) electrons. The lowest BCUT2D eigenvalue weighted by Gasteiger charge is -2.19. The van der Waals surface area contributed by atoms with Gasteiger partial charge >= 0.3 is 0 Å². The van der Waals surface area contributed by atoms with Gasteiger partial charge in [-0.15, -0.1) is 0 Å². The molecule has 0 saturated heterocycles. The summed E-state index contributed by atoms with van der Waals surface area (Å²) in [4.78, 5) is 2.61. The van der Waals surface area contributed by atoms with Crippen molar-refractivity contribution in [2.75, 3.05) is 11.4 Å². The number of nitrogens with zero attached hydrogens (tertiary/aromatic N) is 1. The van der Waals surface area contributed by atoms with E-state index in [1.165, 1.54) is 37.5 Å². The first-order chi connectivity index (χ1) is 8.96. The standard InChI is InChI=1S/C12H13FN2O3S/c1-15(12-5-3-2-4-11(12)13)19(17,18)10-6-9(8-16)14-7-10/h2-7,14,16H,8H2,1H3. The summed E-state index contributed by atoms with van der Waals surface area (Å²) in [6.45, 7) is -0.293. The third kappa shape index (κ3) is 2.47. The summed E-state index contributed by atoms with van der Waals surface area (Å²) >= 11 is 0. The Balaban J connectivity index is 2.42. The summed E-state index contributed by atoms with van der Waals surface area (Å²) in [6, 6.07) is 6.93. The van der Waals surface area contributed by atoms with Crippen molar-refractivity contribution >= 4 is 15.7 Å². The molecule has 0 aliphatic carbocycles. The Morgan fingerprint density at radius 3 is 2.63 bits per heavy atom. The molecule has 0 fully saturated rings. The molecule has 0 saturated carbocycles. The van der Waals surface area contributed by atoms with Crippen LogP contribution in [0, 0.1) is 5.82 Å². The average Bonchev–Trinajstić information content (AvgIpc) is 2.88. The highest BCUT2D eigenvalue weighted by Crippen LogP contribution is 2.24. The van der Waals surface area contributed by atoms with Crippen molar-refractivity contribution < 1.29 is 17.9 Å². The van der Waals surface area contributed by atoms with Crippen molar-refractivity contribution in [2.45, 2.75) is 11.5 Å². The van der Waals surface area contributed by atoms with Crippen LogP contribution in [-0.2, 0) is 16.6 Å². The van der Waals surface area contributed by atoms with Crippen molar-refractivity contribution in [1.82, 2.24) is 4.98 Å². The lowest BCUT2D eigenvalue weighted by molar-refractivity contribution is 0.277. The number of aliphatic hydroxyl groups excluding tert-OH is 1. The Morgan fingerprint density at radius 2 is 2.05 bits per heavy atom. The summed E-state index contributed by atoms with van der Waals surface area (Å²) in [7, 11) is -2.58. The van der Waals surface area contributed by atoms with Crippen molar-refractivity contribution in [3.05, 3.63) is 48.0 Å². The highest BCUT2D eigenvalue weighted by Gasteiger charge is 2.24. The number of hydrogen-bond donors (Lipinski definition) is 2. The molecule has 7 heteroatoms. The summed E-state index contributed by atoms with van der Waals surface area (Å²) in [5.41, 5.74) is 0.342. The molecular formula is C12H13FN2O3S. The van der Waals surface area contributed by atoms with Gasteiger partial charge in [0.15, 0.2) is 0 Å². The molecule has 2 aromatic rings. The molecule has 0 aliphatic heterocycles. The Bertz CT molecular complexity index is 682. The number of halogens is 1. The van der Waals surface area contributed by atoms with Crippen LogP contribution in [0.1, 0.15) is 5.69 Å². The second-order valence-corrected chi connectivity index (χ2v) is 5.91. The van der Waals surface area contributed by atoms with Gasteiger partial charge in [-0.05, 0) is 18.2 Å². The number of para-hydroxylation sites is 1. The molecule has 1 aromatic carbocycles. The van der Waals surface area contributed by atoms with Gasteiger partial charge < -0.3 is 10.1 Å². The van der Waals surface area contributed by atoms with E-state index in [-0.39, 0.29) is 17.2 Å². The van der Waals surface area contributed by atoms with E-state index in [0.717, 1.165) is 4.31 Å². The summed E-state index contributed by atoms with van der Waals surface area (Å²) in [5.74, 6) is -0.619. The number of benzene rings is 1. The Labute approximate surface area is 110 Å².